The van der Waals surface area contributed by atoms with Crippen molar-refractivity contribution in [3.8, 4) is 17.3 Å². The standard InChI is InChI=1S/C20H26N6O5/c1-3-30-17(18(27)26-13-4-6-14(7-5-13)31-19(21)28)16-11-22-15(10-23-16)12-8-24-20(29-2)25-9-12/h8-11,13-14,17H,3-7H2,1-2H3,(H2,21,28)(H,26,27). The summed E-state index contributed by atoms with van der Waals surface area (Å²) in [4.78, 5) is 40.6. The molecule has 0 saturated heterocycles. The molecule has 0 aromatic carbocycles. The lowest BCUT2D eigenvalue weighted by molar-refractivity contribution is -0.134. The summed E-state index contributed by atoms with van der Waals surface area (Å²) in [6.07, 6.45) is 7.04. The monoisotopic (exact) mass is 430 g/mol. The summed E-state index contributed by atoms with van der Waals surface area (Å²) < 4.78 is 15.6. The highest BCUT2D eigenvalue weighted by molar-refractivity contribution is 5.82. The van der Waals surface area contributed by atoms with E-state index in [2.05, 4.69) is 25.3 Å². The summed E-state index contributed by atoms with van der Waals surface area (Å²) in [6.45, 7) is 2.15. The van der Waals surface area contributed by atoms with Gasteiger partial charge in [0.15, 0.2) is 6.10 Å². The molecule has 0 aliphatic heterocycles. The highest BCUT2D eigenvalue weighted by Crippen LogP contribution is 2.23. The van der Waals surface area contributed by atoms with E-state index in [0.29, 0.717) is 49.2 Å². The van der Waals surface area contributed by atoms with Gasteiger partial charge in [0.2, 0.25) is 0 Å². The number of hydrogen-bond acceptors (Lipinski definition) is 9. The zero-order valence-electron chi connectivity index (χ0n) is 17.5. The largest absolute Gasteiger partial charge is 0.467 e. The molecule has 0 bridgehead atoms. The van der Waals surface area contributed by atoms with Crippen LogP contribution in [-0.2, 0) is 14.3 Å². The van der Waals surface area contributed by atoms with Gasteiger partial charge < -0.3 is 25.3 Å². The van der Waals surface area contributed by atoms with E-state index in [-0.39, 0.29) is 24.1 Å². The minimum absolute atomic E-state index is 0.0353. The van der Waals surface area contributed by atoms with Crippen LogP contribution in [0.4, 0.5) is 4.79 Å². The Balaban J connectivity index is 1.62. The Morgan fingerprint density at radius 3 is 2.35 bits per heavy atom. The molecule has 0 radical (unpaired) electrons. The van der Waals surface area contributed by atoms with Crippen molar-refractivity contribution in [3.05, 3.63) is 30.5 Å². The molecule has 2 aromatic heterocycles. The van der Waals surface area contributed by atoms with E-state index in [1.54, 1.807) is 18.6 Å². The van der Waals surface area contributed by atoms with E-state index in [1.165, 1.54) is 13.3 Å². The molecular weight excluding hydrogens is 404 g/mol. The number of nitrogens with one attached hydrogen (secondary N) is 1. The number of nitrogens with two attached hydrogens (primary N) is 1. The first-order valence-electron chi connectivity index (χ1n) is 10.1. The van der Waals surface area contributed by atoms with Crippen LogP contribution in [0.15, 0.2) is 24.8 Å². The second-order valence-electron chi connectivity index (χ2n) is 7.04. The van der Waals surface area contributed by atoms with E-state index in [0.717, 1.165) is 0 Å². The maximum Gasteiger partial charge on any atom is 0.404 e. The van der Waals surface area contributed by atoms with Gasteiger partial charge in [0.25, 0.3) is 5.91 Å². The molecule has 11 heteroatoms. The van der Waals surface area contributed by atoms with Crippen LogP contribution in [-0.4, -0.2) is 57.8 Å². The topological polar surface area (TPSA) is 151 Å². The van der Waals surface area contributed by atoms with Crippen LogP contribution >= 0.6 is 0 Å². The Bertz CT molecular complexity index is 869. The van der Waals surface area contributed by atoms with Crippen LogP contribution in [0.2, 0.25) is 0 Å². The molecule has 1 aliphatic carbocycles. The number of carbonyl (C=O) groups excluding carboxylic acids is 2. The first kappa shape index (κ1) is 22.3. The molecule has 3 rings (SSSR count). The molecular formula is C20H26N6O5. The quantitative estimate of drug-likeness (QED) is 0.635. The highest BCUT2D eigenvalue weighted by atomic mass is 16.6. The fourth-order valence-electron chi connectivity index (χ4n) is 3.40. The molecule has 2 heterocycles. The van der Waals surface area contributed by atoms with Gasteiger partial charge in [-0.05, 0) is 32.6 Å². The number of nitrogens with zero attached hydrogens (tertiary/aromatic N) is 4. The van der Waals surface area contributed by atoms with Crippen LogP contribution < -0.4 is 15.8 Å². The lowest BCUT2D eigenvalue weighted by atomic mass is 9.92. The summed E-state index contributed by atoms with van der Waals surface area (Å²) in [7, 11) is 1.49. The zero-order chi connectivity index (χ0) is 22.2. The first-order valence-corrected chi connectivity index (χ1v) is 10.1. The van der Waals surface area contributed by atoms with Crippen LogP contribution in [0.3, 0.4) is 0 Å². The van der Waals surface area contributed by atoms with Gasteiger partial charge in [0, 0.05) is 30.6 Å². The number of primary amides is 1. The van der Waals surface area contributed by atoms with E-state index in [1.807, 2.05) is 6.92 Å². The van der Waals surface area contributed by atoms with E-state index in [9.17, 15) is 9.59 Å². The van der Waals surface area contributed by atoms with Gasteiger partial charge in [-0.1, -0.05) is 0 Å². The molecule has 1 fully saturated rings. The van der Waals surface area contributed by atoms with Gasteiger partial charge in [-0.3, -0.25) is 14.8 Å². The molecule has 2 amide bonds. The van der Waals surface area contributed by atoms with Crippen molar-refractivity contribution in [3.63, 3.8) is 0 Å². The number of hydrogen-bond donors (Lipinski definition) is 2. The Morgan fingerprint density at radius 1 is 1.10 bits per heavy atom. The number of ether oxygens (including phenoxy) is 3. The molecule has 1 atom stereocenters. The van der Waals surface area contributed by atoms with Crippen molar-refractivity contribution in [2.45, 2.75) is 50.9 Å². The van der Waals surface area contributed by atoms with Gasteiger partial charge in [0.1, 0.15) is 6.10 Å². The molecule has 3 N–H and O–H groups in total. The number of rotatable bonds is 8. The maximum atomic E-state index is 12.8. The molecule has 31 heavy (non-hydrogen) atoms. The predicted molar refractivity (Wildman–Crippen MR) is 109 cm³/mol. The normalized spacial score (nSPS) is 19.3. The van der Waals surface area contributed by atoms with Crippen LogP contribution in [0.25, 0.3) is 11.3 Å². The summed E-state index contributed by atoms with van der Waals surface area (Å²) in [5.74, 6) is -0.282. The lowest BCUT2D eigenvalue weighted by Crippen LogP contribution is -2.42. The van der Waals surface area contributed by atoms with Crippen molar-refractivity contribution in [1.29, 1.82) is 0 Å². The van der Waals surface area contributed by atoms with Crippen molar-refractivity contribution >= 4 is 12.0 Å². The summed E-state index contributed by atoms with van der Waals surface area (Å²) in [5.41, 5.74) is 6.71. The van der Waals surface area contributed by atoms with Crippen LogP contribution in [0.5, 0.6) is 6.01 Å². The second kappa shape index (κ2) is 10.6. The average molecular weight is 430 g/mol. The predicted octanol–water partition coefficient (Wildman–Crippen LogP) is 1.54. The zero-order valence-corrected chi connectivity index (χ0v) is 17.5. The third-order valence-electron chi connectivity index (χ3n) is 4.92. The van der Waals surface area contributed by atoms with E-state index in [4.69, 9.17) is 19.9 Å². The minimum Gasteiger partial charge on any atom is -0.467 e. The van der Waals surface area contributed by atoms with Gasteiger partial charge in [-0.2, -0.15) is 0 Å². The van der Waals surface area contributed by atoms with Crippen molar-refractivity contribution < 1.29 is 23.8 Å². The fourth-order valence-corrected chi connectivity index (χ4v) is 3.40. The molecule has 1 saturated carbocycles. The van der Waals surface area contributed by atoms with Crippen LogP contribution in [0.1, 0.15) is 44.4 Å². The highest BCUT2D eigenvalue weighted by Gasteiger charge is 2.29. The maximum absolute atomic E-state index is 12.8. The smallest absolute Gasteiger partial charge is 0.404 e. The number of methoxy groups -OCH3 is 1. The minimum atomic E-state index is -0.877. The second-order valence-corrected chi connectivity index (χ2v) is 7.04. The van der Waals surface area contributed by atoms with Crippen molar-refractivity contribution in [2.75, 3.05) is 13.7 Å². The number of aromatic nitrogens is 4. The Hall–Kier alpha value is -3.34. The van der Waals surface area contributed by atoms with Crippen LogP contribution in [0, 0.1) is 0 Å². The van der Waals surface area contributed by atoms with Gasteiger partial charge >= 0.3 is 12.1 Å². The van der Waals surface area contributed by atoms with Gasteiger partial charge in [0.05, 0.1) is 30.9 Å². The molecule has 11 nitrogen and oxygen atoms in total. The molecule has 1 aliphatic rings. The SMILES string of the molecule is CCOC(C(=O)NC1CCC(OC(N)=O)CC1)c1cnc(-c2cnc(OC)nc2)cn1. The van der Waals surface area contributed by atoms with Gasteiger partial charge in [-0.25, -0.2) is 14.8 Å². The van der Waals surface area contributed by atoms with Gasteiger partial charge in [-0.15, -0.1) is 0 Å². The Morgan fingerprint density at radius 2 is 1.81 bits per heavy atom. The Kier molecular flexibility index (Phi) is 7.65. The Labute approximate surface area is 179 Å². The van der Waals surface area contributed by atoms with E-state index < -0.39 is 12.2 Å². The van der Waals surface area contributed by atoms with Crippen molar-refractivity contribution in [1.82, 2.24) is 25.3 Å². The molecule has 2 aromatic rings. The molecule has 0 spiro atoms. The third-order valence-corrected chi connectivity index (χ3v) is 4.92. The summed E-state index contributed by atoms with van der Waals surface area (Å²) in [6, 6.07) is 0.225. The summed E-state index contributed by atoms with van der Waals surface area (Å²) in [5, 5.41) is 3.00. The number of carbonyl (C=O) groups is 2. The fraction of sp³-hybridized carbons (Fsp3) is 0.500. The number of amides is 2. The van der Waals surface area contributed by atoms with Crippen molar-refractivity contribution in [2.24, 2.45) is 5.73 Å². The third kappa shape index (κ3) is 6.07. The van der Waals surface area contributed by atoms with E-state index >= 15 is 0 Å². The molecule has 166 valence electrons. The average Bonchev–Trinajstić information content (AvgIpc) is 2.78. The molecule has 1 unspecified atom stereocenters. The summed E-state index contributed by atoms with van der Waals surface area (Å²) >= 11 is 0. The lowest BCUT2D eigenvalue weighted by Gasteiger charge is -2.29. The first-order chi connectivity index (χ1) is 15.0.